The zero-order chi connectivity index (χ0) is 8.53. The van der Waals surface area contributed by atoms with Gasteiger partial charge in [-0.25, -0.2) is 4.79 Å². The molecule has 0 spiro atoms. The lowest BCUT2D eigenvalue weighted by molar-refractivity contribution is -0.109. The van der Waals surface area contributed by atoms with Crippen LogP contribution < -0.4 is 10.6 Å². The minimum atomic E-state index is -0.458. The second-order valence-corrected chi connectivity index (χ2v) is 1.72. The van der Waals surface area contributed by atoms with Crippen molar-refractivity contribution in [1.29, 1.82) is 0 Å². The van der Waals surface area contributed by atoms with Gasteiger partial charge in [0.2, 0.25) is 6.41 Å². The lowest BCUT2D eigenvalue weighted by Gasteiger charge is -2.03. The van der Waals surface area contributed by atoms with E-state index in [-0.39, 0.29) is 0 Å². The van der Waals surface area contributed by atoms with Crippen LogP contribution in [0, 0.1) is 0 Å². The monoisotopic (exact) mass is 160 g/mol. The predicted octanol–water partition coefficient (Wildman–Crippen LogP) is -0.521. The van der Waals surface area contributed by atoms with E-state index in [4.69, 9.17) is 0 Å². The van der Waals surface area contributed by atoms with E-state index in [0.717, 1.165) is 0 Å². The number of ether oxygens (including phenoxy) is 1. The molecule has 0 aliphatic heterocycles. The number of hydrogen-bond acceptors (Lipinski definition) is 3. The highest BCUT2D eigenvalue weighted by Crippen LogP contribution is 1.73. The third-order valence-corrected chi connectivity index (χ3v) is 0.897. The topological polar surface area (TPSA) is 67.4 Å². The van der Waals surface area contributed by atoms with Crippen LogP contribution in [0.5, 0.6) is 0 Å². The number of alkyl carbamates (subject to hydrolysis) is 1. The fourth-order valence-corrected chi connectivity index (χ4v) is 0.478. The molecule has 0 saturated carbocycles. The molecule has 0 fully saturated rings. The molecule has 0 heterocycles. The smallest absolute Gasteiger partial charge is 0.407 e. The van der Waals surface area contributed by atoms with E-state index in [9.17, 15) is 9.59 Å². The van der Waals surface area contributed by atoms with E-state index in [2.05, 4.69) is 15.4 Å². The van der Waals surface area contributed by atoms with Crippen molar-refractivity contribution in [2.24, 2.45) is 0 Å². The van der Waals surface area contributed by atoms with Crippen LogP contribution in [-0.2, 0) is 9.53 Å². The first-order valence-electron chi connectivity index (χ1n) is 3.39. The van der Waals surface area contributed by atoms with Crippen molar-refractivity contribution in [1.82, 2.24) is 10.6 Å². The summed E-state index contributed by atoms with van der Waals surface area (Å²) < 4.78 is 4.56. The summed E-state index contributed by atoms with van der Waals surface area (Å²) in [6, 6.07) is 0. The highest BCUT2D eigenvalue weighted by Gasteiger charge is 1.96. The van der Waals surface area contributed by atoms with E-state index in [1.807, 2.05) is 0 Å². The van der Waals surface area contributed by atoms with Crippen molar-refractivity contribution in [3.05, 3.63) is 0 Å². The van der Waals surface area contributed by atoms with Crippen LogP contribution in [0.1, 0.15) is 6.92 Å². The summed E-state index contributed by atoms with van der Waals surface area (Å²) in [4.78, 5) is 20.3. The van der Waals surface area contributed by atoms with Gasteiger partial charge in [0.15, 0.2) is 0 Å². The molecule has 64 valence electrons. The molecule has 0 unspecified atom stereocenters. The first-order chi connectivity index (χ1) is 5.31. The summed E-state index contributed by atoms with van der Waals surface area (Å²) in [6.45, 7) is 2.89. The van der Waals surface area contributed by atoms with Gasteiger partial charge in [-0.05, 0) is 6.92 Å². The Kier molecular flexibility index (Phi) is 6.07. The second kappa shape index (κ2) is 6.85. The summed E-state index contributed by atoms with van der Waals surface area (Å²) in [5.74, 6) is 0. The van der Waals surface area contributed by atoms with Gasteiger partial charge in [0.05, 0.1) is 6.61 Å². The van der Waals surface area contributed by atoms with E-state index < -0.39 is 6.09 Å². The number of nitrogens with one attached hydrogen (secondary N) is 2. The molecule has 0 radical (unpaired) electrons. The Labute approximate surface area is 65.1 Å². The standard InChI is InChI=1S/C6H12N2O3/c1-2-11-6(10)8-4-3-7-5-9/h5H,2-4H2,1H3,(H,7,9)(H,8,10). The number of amides is 2. The maximum absolute atomic E-state index is 10.6. The summed E-state index contributed by atoms with van der Waals surface area (Å²) >= 11 is 0. The Morgan fingerprint density at radius 3 is 2.82 bits per heavy atom. The Morgan fingerprint density at radius 1 is 1.55 bits per heavy atom. The fourth-order valence-electron chi connectivity index (χ4n) is 0.478. The molecular weight excluding hydrogens is 148 g/mol. The zero-order valence-electron chi connectivity index (χ0n) is 6.42. The van der Waals surface area contributed by atoms with Crippen LogP contribution in [-0.4, -0.2) is 32.2 Å². The highest BCUT2D eigenvalue weighted by molar-refractivity contribution is 5.67. The third kappa shape index (κ3) is 6.63. The van der Waals surface area contributed by atoms with E-state index >= 15 is 0 Å². The molecule has 0 aliphatic rings. The molecule has 0 aromatic carbocycles. The quantitative estimate of drug-likeness (QED) is 0.420. The molecule has 11 heavy (non-hydrogen) atoms. The van der Waals surface area contributed by atoms with Crippen molar-refractivity contribution in [3.8, 4) is 0 Å². The van der Waals surface area contributed by atoms with Gasteiger partial charge in [-0.15, -0.1) is 0 Å². The predicted molar refractivity (Wildman–Crippen MR) is 39.1 cm³/mol. The lowest BCUT2D eigenvalue weighted by Crippen LogP contribution is -2.31. The van der Waals surface area contributed by atoms with Gasteiger partial charge in [0, 0.05) is 13.1 Å². The van der Waals surface area contributed by atoms with Crippen LogP contribution in [0.4, 0.5) is 4.79 Å². The fraction of sp³-hybridized carbons (Fsp3) is 0.667. The van der Waals surface area contributed by atoms with Crippen molar-refractivity contribution in [2.75, 3.05) is 19.7 Å². The number of rotatable bonds is 5. The van der Waals surface area contributed by atoms with Gasteiger partial charge in [-0.3, -0.25) is 4.79 Å². The van der Waals surface area contributed by atoms with E-state index in [0.29, 0.717) is 26.1 Å². The SMILES string of the molecule is CCOC(=O)NCCNC=O. The minimum Gasteiger partial charge on any atom is -0.450 e. The molecule has 0 bridgehead atoms. The Morgan fingerprint density at radius 2 is 2.27 bits per heavy atom. The molecular formula is C6H12N2O3. The first kappa shape index (κ1) is 9.74. The summed E-state index contributed by atoms with van der Waals surface area (Å²) in [7, 11) is 0. The third-order valence-electron chi connectivity index (χ3n) is 0.897. The van der Waals surface area contributed by atoms with Gasteiger partial charge in [-0.1, -0.05) is 0 Å². The van der Waals surface area contributed by atoms with Gasteiger partial charge in [0.1, 0.15) is 0 Å². The summed E-state index contributed by atoms with van der Waals surface area (Å²) in [5.41, 5.74) is 0. The summed E-state index contributed by atoms with van der Waals surface area (Å²) in [6.07, 6.45) is 0.118. The van der Waals surface area contributed by atoms with Crippen molar-refractivity contribution < 1.29 is 14.3 Å². The maximum Gasteiger partial charge on any atom is 0.407 e. The van der Waals surface area contributed by atoms with E-state index in [1.54, 1.807) is 6.92 Å². The van der Waals surface area contributed by atoms with Gasteiger partial charge < -0.3 is 15.4 Å². The van der Waals surface area contributed by atoms with Crippen LogP contribution in [0.15, 0.2) is 0 Å². The largest absolute Gasteiger partial charge is 0.450 e. The normalized spacial score (nSPS) is 8.45. The Hall–Kier alpha value is -1.26. The second-order valence-electron chi connectivity index (χ2n) is 1.72. The molecule has 0 atom stereocenters. The summed E-state index contributed by atoms with van der Waals surface area (Å²) in [5, 5.41) is 4.83. The number of hydrogen-bond donors (Lipinski definition) is 2. The van der Waals surface area contributed by atoms with Gasteiger partial charge in [0.25, 0.3) is 0 Å². The average Bonchev–Trinajstić information content (AvgIpc) is 1.99. The lowest BCUT2D eigenvalue weighted by atomic mass is 10.6. The van der Waals surface area contributed by atoms with Crippen molar-refractivity contribution >= 4 is 12.5 Å². The molecule has 0 aromatic rings. The minimum absolute atomic E-state index is 0.354. The molecule has 5 heteroatoms. The van der Waals surface area contributed by atoms with Crippen LogP contribution in [0.2, 0.25) is 0 Å². The van der Waals surface area contributed by atoms with Gasteiger partial charge >= 0.3 is 6.09 Å². The Bertz CT molecular complexity index is 127. The van der Waals surface area contributed by atoms with Crippen LogP contribution in [0.3, 0.4) is 0 Å². The van der Waals surface area contributed by atoms with Crippen LogP contribution in [0.25, 0.3) is 0 Å². The Balaban J connectivity index is 3.10. The molecule has 0 rings (SSSR count). The number of carbonyl (C=O) groups is 2. The van der Waals surface area contributed by atoms with E-state index in [1.165, 1.54) is 0 Å². The molecule has 2 N–H and O–H groups in total. The van der Waals surface area contributed by atoms with Crippen LogP contribution >= 0.6 is 0 Å². The molecule has 0 aromatic heterocycles. The molecule has 5 nitrogen and oxygen atoms in total. The molecule has 2 amide bonds. The number of carbonyl (C=O) groups excluding carboxylic acids is 2. The van der Waals surface area contributed by atoms with Gasteiger partial charge in [-0.2, -0.15) is 0 Å². The highest BCUT2D eigenvalue weighted by atomic mass is 16.5. The zero-order valence-corrected chi connectivity index (χ0v) is 6.42. The maximum atomic E-state index is 10.6. The average molecular weight is 160 g/mol. The first-order valence-corrected chi connectivity index (χ1v) is 3.39. The molecule has 0 aliphatic carbocycles. The van der Waals surface area contributed by atoms with Crippen molar-refractivity contribution in [3.63, 3.8) is 0 Å². The molecule has 0 saturated heterocycles. The van der Waals surface area contributed by atoms with Crippen molar-refractivity contribution in [2.45, 2.75) is 6.92 Å².